The molecule has 2 aromatic carbocycles. The molecule has 152 valence electrons. The Hall–Kier alpha value is -3.11. The van der Waals surface area contributed by atoms with Gasteiger partial charge in [-0.1, -0.05) is 28.1 Å². The minimum Gasteiger partial charge on any atom is -0.489 e. The van der Waals surface area contributed by atoms with Gasteiger partial charge in [-0.05, 0) is 42.3 Å². The van der Waals surface area contributed by atoms with Gasteiger partial charge in [0.1, 0.15) is 35.6 Å². The monoisotopic (exact) mass is 468 g/mol. The molecule has 2 aromatic rings. The molecule has 0 saturated carbocycles. The van der Waals surface area contributed by atoms with Crippen LogP contribution in [-0.4, -0.2) is 5.78 Å². The molecule has 0 spiro atoms. The average molecular weight is 469 g/mol. The number of allylic oxidation sites excluding steroid dienone is 3. The van der Waals surface area contributed by atoms with Gasteiger partial charge in [-0.25, -0.2) is 4.39 Å². The molecular formula is C23H18BrFN2O3. The van der Waals surface area contributed by atoms with E-state index in [9.17, 15) is 14.4 Å². The van der Waals surface area contributed by atoms with Crippen LogP contribution in [0.25, 0.3) is 0 Å². The van der Waals surface area contributed by atoms with Gasteiger partial charge in [0.05, 0.1) is 5.92 Å². The van der Waals surface area contributed by atoms with Crippen molar-refractivity contribution in [3.8, 4) is 11.8 Å². The molecule has 0 radical (unpaired) electrons. The van der Waals surface area contributed by atoms with Crippen molar-refractivity contribution in [3.63, 3.8) is 0 Å². The van der Waals surface area contributed by atoms with Crippen LogP contribution in [0, 0.1) is 17.1 Å². The summed E-state index contributed by atoms with van der Waals surface area (Å²) in [6, 6.07) is 13.6. The highest BCUT2D eigenvalue weighted by Gasteiger charge is 2.39. The first kappa shape index (κ1) is 20.2. The van der Waals surface area contributed by atoms with Gasteiger partial charge in [0.2, 0.25) is 5.88 Å². The minimum atomic E-state index is -0.660. The second-order valence-corrected chi connectivity index (χ2v) is 8.05. The van der Waals surface area contributed by atoms with Crippen LogP contribution >= 0.6 is 15.9 Å². The lowest BCUT2D eigenvalue weighted by Gasteiger charge is -2.31. The fourth-order valence-corrected chi connectivity index (χ4v) is 4.16. The third kappa shape index (κ3) is 3.83. The van der Waals surface area contributed by atoms with E-state index in [4.69, 9.17) is 15.2 Å². The number of nitriles is 1. The first-order chi connectivity index (χ1) is 14.5. The molecule has 0 amide bonds. The topological polar surface area (TPSA) is 85.3 Å². The smallest absolute Gasteiger partial charge is 0.205 e. The molecule has 30 heavy (non-hydrogen) atoms. The summed E-state index contributed by atoms with van der Waals surface area (Å²) in [7, 11) is 0. The van der Waals surface area contributed by atoms with Crippen LogP contribution in [-0.2, 0) is 16.1 Å². The van der Waals surface area contributed by atoms with E-state index in [0.717, 1.165) is 10.0 Å². The molecule has 5 nitrogen and oxygen atoms in total. The summed E-state index contributed by atoms with van der Waals surface area (Å²) in [6.07, 6.45) is 1.68. The second-order valence-electron chi connectivity index (χ2n) is 7.14. The van der Waals surface area contributed by atoms with Crippen LogP contribution in [0.3, 0.4) is 0 Å². The number of Topliss-reactive ketones (excluding diaryl/α,β-unsaturated/α-hetero) is 1. The van der Waals surface area contributed by atoms with Crippen molar-refractivity contribution >= 4 is 21.7 Å². The van der Waals surface area contributed by atoms with Crippen molar-refractivity contribution in [1.82, 2.24) is 0 Å². The third-order valence-corrected chi connectivity index (χ3v) is 5.69. The molecule has 0 aromatic heterocycles. The first-order valence-corrected chi connectivity index (χ1v) is 10.3. The maximum absolute atomic E-state index is 13.2. The van der Waals surface area contributed by atoms with E-state index in [2.05, 4.69) is 22.0 Å². The van der Waals surface area contributed by atoms with Crippen LogP contribution < -0.4 is 10.5 Å². The number of nitrogens with two attached hydrogens (primary N) is 1. The Bertz CT molecular complexity index is 1120. The van der Waals surface area contributed by atoms with Gasteiger partial charge in [0.25, 0.3) is 0 Å². The Morgan fingerprint density at radius 1 is 1.23 bits per heavy atom. The molecule has 1 heterocycles. The average Bonchev–Trinajstić information content (AvgIpc) is 2.73. The highest BCUT2D eigenvalue weighted by Crippen LogP contribution is 2.46. The third-order valence-electron chi connectivity index (χ3n) is 5.20. The number of halogens is 2. The van der Waals surface area contributed by atoms with E-state index in [1.807, 2.05) is 12.1 Å². The minimum absolute atomic E-state index is 0.0143. The van der Waals surface area contributed by atoms with Gasteiger partial charge < -0.3 is 15.2 Å². The van der Waals surface area contributed by atoms with E-state index in [0.29, 0.717) is 41.9 Å². The van der Waals surface area contributed by atoms with E-state index >= 15 is 0 Å². The zero-order valence-electron chi connectivity index (χ0n) is 16.0. The maximum atomic E-state index is 13.2. The number of rotatable bonds is 4. The van der Waals surface area contributed by atoms with Gasteiger partial charge in [-0.15, -0.1) is 0 Å². The lowest BCUT2D eigenvalue weighted by molar-refractivity contribution is -0.116. The van der Waals surface area contributed by atoms with Crippen LogP contribution in [0.5, 0.6) is 5.75 Å². The molecule has 1 aliphatic heterocycles. The van der Waals surface area contributed by atoms with Gasteiger partial charge >= 0.3 is 0 Å². The molecule has 1 atom stereocenters. The number of ketones is 1. The highest BCUT2D eigenvalue weighted by atomic mass is 79.9. The van der Waals surface area contributed by atoms with Crippen molar-refractivity contribution in [2.45, 2.75) is 31.8 Å². The van der Waals surface area contributed by atoms with Crippen LogP contribution in [0.1, 0.15) is 36.3 Å². The highest BCUT2D eigenvalue weighted by molar-refractivity contribution is 9.10. The summed E-state index contributed by atoms with van der Waals surface area (Å²) < 4.78 is 25.6. The summed E-state index contributed by atoms with van der Waals surface area (Å²) in [5.74, 6) is 0.0240. The predicted octanol–water partition coefficient (Wildman–Crippen LogP) is 4.98. The predicted molar refractivity (Wildman–Crippen MR) is 111 cm³/mol. The fourth-order valence-electron chi connectivity index (χ4n) is 3.79. The number of carbonyl (C=O) groups excluding carboxylic acids is 1. The van der Waals surface area contributed by atoms with E-state index in [-0.39, 0.29) is 29.7 Å². The standard InChI is InChI=1S/C23H18BrFN2O3/c24-14-6-9-19(29-12-13-4-7-15(25)8-5-13)16(10-14)21-17(11-26)23(27)30-20-3-1-2-18(28)22(20)21/h4-10,21H,1-3,12,27H2/t21-/m1/s1. The molecule has 2 aliphatic rings. The molecule has 0 fully saturated rings. The summed E-state index contributed by atoms with van der Waals surface area (Å²) in [5, 5.41) is 9.77. The van der Waals surface area contributed by atoms with Crippen LogP contribution in [0.4, 0.5) is 4.39 Å². The lowest BCUT2D eigenvalue weighted by atomic mass is 9.77. The molecule has 7 heteroatoms. The van der Waals surface area contributed by atoms with Gasteiger partial charge in [-0.3, -0.25) is 4.79 Å². The summed E-state index contributed by atoms with van der Waals surface area (Å²) in [5.41, 5.74) is 8.14. The van der Waals surface area contributed by atoms with E-state index < -0.39 is 5.92 Å². The largest absolute Gasteiger partial charge is 0.489 e. The number of ether oxygens (including phenoxy) is 2. The number of benzene rings is 2. The number of carbonyl (C=O) groups is 1. The zero-order valence-corrected chi connectivity index (χ0v) is 17.5. The maximum Gasteiger partial charge on any atom is 0.205 e. The van der Waals surface area contributed by atoms with Crippen LogP contribution in [0.15, 0.2) is 69.7 Å². The number of hydrogen-bond acceptors (Lipinski definition) is 5. The summed E-state index contributed by atoms with van der Waals surface area (Å²) in [6.45, 7) is 0.207. The lowest BCUT2D eigenvalue weighted by Crippen LogP contribution is -2.27. The van der Waals surface area contributed by atoms with Crippen molar-refractivity contribution in [1.29, 1.82) is 5.26 Å². The number of nitrogens with zero attached hydrogens (tertiary/aromatic N) is 1. The quantitative estimate of drug-likeness (QED) is 0.683. The Morgan fingerprint density at radius 2 is 2.00 bits per heavy atom. The van der Waals surface area contributed by atoms with Crippen molar-refractivity contribution in [2.75, 3.05) is 0 Å². The van der Waals surface area contributed by atoms with Crippen molar-refractivity contribution < 1.29 is 18.7 Å². The second kappa shape index (κ2) is 8.33. The summed E-state index contributed by atoms with van der Waals surface area (Å²) in [4.78, 5) is 12.8. The molecule has 0 unspecified atom stereocenters. The summed E-state index contributed by atoms with van der Waals surface area (Å²) >= 11 is 3.47. The normalized spacial score (nSPS) is 18.6. The first-order valence-electron chi connectivity index (χ1n) is 9.48. The molecule has 4 rings (SSSR count). The molecular weight excluding hydrogens is 451 g/mol. The van der Waals surface area contributed by atoms with E-state index in [1.165, 1.54) is 12.1 Å². The Labute approximate surface area is 181 Å². The van der Waals surface area contributed by atoms with Gasteiger partial charge in [0.15, 0.2) is 5.78 Å². The zero-order chi connectivity index (χ0) is 21.3. The Morgan fingerprint density at radius 3 is 2.73 bits per heavy atom. The Kier molecular flexibility index (Phi) is 5.60. The Balaban J connectivity index is 1.77. The molecule has 2 N–H and O–H groups in total. The molecule has 1 aliphatic carbocycles. The van der Waals surface area contributed by atoms with Gasteiger partial charge in [-0.2, -0.15) is 5.26 Å². The van der Waals surface area contributed by atoms with Crippen molar-refractivity contribution in [3.05, 3.63) is 86.7 Å². The van der Waals surface area contributed by atoms with Crippen molar-refractivity contribution in [2.24, 2.45) is 5.73 Å². The number of hydrogen-bond donors (Lipinski definition) is 1. The fraction of sp³-hybridized carbons (Fsp3) is 0.217. The van der Waals surface area contributed by atoms with Gasteiger partial charge in [0, 0.05) is 28.5 Å². The van der Waals surface area contributed by atoms with Crippen LogP contribution in [0.2, 0.25) is 0 Å². The van der Waals surface area contributed by atoms with E-state index in [1.54, 1.807) is 18.2 Å². The SMILES string of the molecule is N#CC1=C(N)OC2=C(C(=O)CCC2)[C@@H]1c1cc(Br)ccc1OCc1ccc(F)cc1. The molecule has 0 saturated heterocycles. The molecule has 0 bridgehead atoms.